The van der Waals surface area contributed by atoms with E-state index in [0.717, 1.165) is 35.6 Å². The maximum atomic E-state index is 6.37. The lowest BCUT2D eigenvalue weighted by atomic mass is 9.69. The van der Waals surface area contributed by atoms with E-state index in [1.807, 2.05) is 7.05 Å². The van der Waals surface area contributed by atoms with Crippen LogP contribution in [0.15, 0.2) is 0 Å². The van der Waals surface area contributed by atoms with E-state index in [1.54, 1.807) is 4.68 Å². The van der Waals surface area contributed by atoms with Gasteiger partial charge in [0.1, 0.15) is 5.15 Å². The number of rotatable bonds is 3. The Labute approximate surface area is 114 Å². The summed E-state index contributed by atoms with van der Waals surface area (Å²) in [6.45, 7) is 2.84. The molecular formula is C14H22ClN3. The summed E-state index contributed by atoms with van der Waals surface area (Å²) in [6.07, 6.45) is 6.46. The smallest absolute Gasteiger partial charge is 0.130 e. The number of hydrogen-bond donors (Lipinski definition) is 1. The van der Waals surface area contributed by atoms with E-state index in [9.17, 15) is 0 Å². The lowest BCUT2D eigenvalue weighted by molar-refractivity contribution is 0.171. The highest BCUT2D eigenvalue weighted by molar-refractivity contribution is 6.30. The van der Waals surface area contributed by atoms with Crippen LogP contribution in [-0.2, 0) is 13.5 Å². The van der Waals surface area contributed by atoms with E-state index in [-0.39, 0.29) is 0 Å². The van der Waals surface area contributed by atoms with Crippen molar-refractivity contribution in [2.75, 3.05) is 6.54 Å². The molecule has 0 spiro atoms. The van der Waals surface area contributed by atoms with E-state index in [0.29, 0.717) is 5.41 Å². The fraction of sp³-hybridized carbons (Fsp3) is 0.786. The molecule has 1 heterocycles. The number of aryl methyl sites for hydroxylation is 2. The Bertz CT molecular complexity index is 468. The molecule has 2 saturated carbocycles. The van der Waals surface area contributed by atoms with Crippen LogP contribution in [0, 0.1) is 24.2 Å². The highest BCUT2D eigenvalue weighted by Gasteiger charge is 2.50. The van der Waals surface area contributed by atoms with Crippen molar-refractivity contribution in [1.29, 1.82) is 0 Å². The maximum Gasteiger partial charge on any atom is 0.130 e. The lowest BCUT2D eigenvalue weighted by Crippen LogP contribution is -2.38. The largest absolute Gasteiger partial charge is 0.330 e. The molecule has 1 aromatic rings. The Balaban J connectivity index is 1.91. The number of hydrogen-bond acceptors (Lipinski definition) is 2. The molecule has 2 fully saturated rings. The van der Waals surface area contributed by atoms with Crippen molar-refractivity contribution in [2.45, 2.75) is 39.0 Å². The Morgan fingerprint density at radius 2 is 2.28 bits per heavy atom. The summed E-state index contributed by atoms with van der Waals surface area (Å²) in [6, 6.07) is 0. The van der Waals surface area contributed by atoms with Gasteiger partial charge < -0.3 is 5.73 Å². The Hall–Kier alpha value is -0.540. The molecule has 3 unspecified atom stereocenters. The third-order valence-electron chi connectivity index (χ3n) is 5.31. The third-order valence-corrected chi connectivity index (χ3v) is 5.78. The van der Waals surface area contributed by atoms with Gasteiger partial charge in [0.25, 0.3) is 0 Å². The molecule has 4 heteroatoms. The molecule has 3 nitrogen and oxygen atoms in total. The summed E-state index contributed by atoms with van der Waals surface area (Å²) < 4.78 is 1.78. The van der Waals surface area contributed by atoms with E-state index >= 15 is 0 Å². The molecule has 0 aromatic carbocycles. The summed E-state index contributed by atoms with van der Waals surface area (Å²) in [7, 11) is 1.91. The predicted octanol–water partition coefficient (Wildman–Crippen LogP) is 2.69. The number of nitrogens with zero attached hydrogens (tertiary/aromatic N) is 2. The quantitative estimate of drug-likeness (QED) is 0.915. The fourth-order valence-corrected chi connectivity index (χ4v) is 4.56. The van der Waals surface area contributed by atoms with Gasteiger partial charge in [-0.25, -0.2) is 0 Å². The van der Waals surface area contributed by atoms with Crippen molar-refractivity contribution < 1.29 is 0 Å². The summed E-state index contributed by atoms with van der Waals surface area (Å²) in [5.74, 6) is 1.72. The number of aromatic nitrogens is 2. The van der Waals surface area contributed by atoms with Gasteiger partial charge in [0.15, 0.2) is 0 Å². The molecule has 2 bridgehead atoms. The van der Waals surface area contributed by atoms with Crippen molar-refractivity contribution in [3.63, 3.8) is 0 Å². The lowest BCUT2D eigenvalue weighted by Gasteiger charge is -2.37. The molecule has 18 heavy (non-hydrogen) atoms. The Kier molecular flexibility index (Phi) is 2.94. The summed E-state index contributed by atoms with van der Waals surface area (Å²) in [5.41, 5.74) is 8.72. The molecule has 1 aromatic heterocycles. The average Bonchev–Trinajstić information content (AvgIpc) is 3.00. The molecular weight excluding hydrogens is 246 g/mol. The van der Waals surface area contributed by atoms with Gasteiger partial charge in [-0.3, -0.25) is 4.68 Å². The molecule has 0 saturated heterocycles. The summed E-state index contributed by atoms with van der Waals surface area (Å²) in [5, 5.41) is 5.22. The van der Waals surface area contributed by atoms with E-state index in [2.05, 4.69) is 12.0 Å². The fourth-order valence-electron chi connectivity index (χ4n) is 4.32. The molecule has 3 rings (SSSR count). The van der Waals surface area contributed by atoms with Gasteiger partial charge in [-0.15, -0.1) is 0 Å². The van der Waals surface area contributed by atoms with Crippen LogP contribution >= 0.6 is 11.6 Å². The van der Waals surface area contributed by atoms with Crippen LogP contribution in [-0.4, -0.2) is 16.3 Å². The van der Waals surface area contributed by atoms with Crippen LogP contribution < -0.4 is 5.73 Å². The average molecular weight is 268 g/mol. The minimum absolute atomic E-state index is 0.292. The molecule has 0 aliphatic heterocycles. The van der Waals surface area contributed by atoms with Crippen molar-refractivity contribution in [3.8, 4) is 0 Å². The minimum atomic E-state index is 0.292. The standard InChI is InChI=1S/C14H22ClN3/c1-9-12(13(15)18(2)17-9)7-14(8-16)6-10-3-4-11(14)5-10/h10-11H,3-8,16H2,1-2H3. The second kappa shape index (κ2) is 4.24. The van der Waals surface area contributed by atoms with Gasteiger partial charge in [-0.1, -0.05) is 18.0 Å². The van der Waals surface area contributed by atoms with E-state index in [1.165, 1.54) is 31.2 Å². The van der Waals surface area contributed by atoms with Crippen molar-refractivity contribution in [1.82, 2.24) is 9.78 Å². The SMILES string of the molecule is Cc1nn(C)c(Cl)c1CC1(CN)CC2CCC1C2. The topological polar surface area (TPSA) is 43.8 Å². The molecule has 0 amide bonds. The summed E-state index contributed by atoms with van der Waals surface area (Å²) >= 11 is 6.37. The van der Waals surface area contributed by atoms with Gasteiger partial charge in [0.05, 0.1) is 5.69 Å². The van der Waals surface area contributed by atoms with Crippen LogP contribution in [0.5, 0.6) is 0 Å². The first-order valence-electron chi connectivity index (χ1n) is 6.94. The van der Waals surface area contributed by atoms with Gasteiger partial charge in [-0.05, 0) is 56.4 Å². The zero-order chi connectivity index (χ0) is 12.9. The van der Waals surface area contributed by atoms with Crippen LogP contribution in [0.1, 0.15) is 36.9 Å². The van der Waals surface area contributed by atoms with Crippen molar-refractivity contribution in [3.05, 3.63) is 16.4 Å². The first-order valence-corrected chi connectivity index (χ1v) is 7.31. The number of nitrogens with two attached hydrogens (primary N) is 1. The van der Waals surface area contributed by atoms with Crippen LogP contribution in [0.25, 0.3) is 0 Å². The molecule has 2 aliphatic rings. The molecule has 2 N–H and O–H groups in total. The Morgan fingerprint density at radius 1 is 1.50 bits per heavy atom. The maximum absolute atomic E-state index is 6.37. The zero-order valence-corrected chi connectivity index (χ0v) is 12.0. The highest BCUT2D eigenvalue weighted by atomic mass is 35.5. The number of halogens is 1. The second-order valence-corrected chi connectivity index (χ2v) is 6.66. The van der Waals surface area contributed by atoms with Gasteiger partial charge in [0, 0.05) is 12.6 Å². The van der Waals surface area contributed by atoms with Gasteiger partial charge in [-0.2, -0.15) is 5.10 Å². The molecule has 3 atom stereocenters. The monoisotopic (exact) mass is 267 g/mol. The van der Waals surface area contributed by atoms with Crippen LogP contribution in [0.2, 0.25) is 5.15 Å². The predicted molar refractivity (Wildman–Crippen MR) is 73.6 cm³/mol. The molecule has 0 radical (unpaired) electrons. The molecule has 100 valence electrons. The summed E-state index contributed by atoms with van der Waals surface area (Å²) in [4.78, 5) is 0. The normalized spacial score (nSPS) is 34.4. The first kappa shape index (κ1) is 12.5. The first-order chi connectivity index (χ1) is 8.55. The Morgan fingerprint density at radius 3 is 2.72 bits per heavy atom. The molecule has 2 aliphatic carbocycles. The van der Waals surface area contributed by atoms with E-state index in [4.69, 9.17) is 17.3 Å². The van der Waals surface area contributed by atoms with Gasteiger partial charge >= 0.3 is 0 Å². The number of fused-ring (bicyclic) bond motifs is 2. The van der Waals surface area contributed by atoms with Crippen molar-refractivity contribution in [2.24, 2.45) is 30.0 Å². The van der Waals surface area contributed by atoms with E-state index < -0.39 is 0 Å². The third kappa shape index (κ3) is 1.71. The minimum Gasteiger partial charge on any atom is -0.330 e. The van der Waals surface area contributed by atoms with Gasteiger partial charge in [0.2, 0.25) is 0 Å². The van der Waals surface area contributed by atoms with Crippen LogP contribution in [0.3, 0.4) is 0 Å². The van der Waals surface area contributed by atoms with Crippen molar-refractivity contribution >= 4 is 11.6 Å². The zero-order valence-electron chi connectivity index (χ0n) is 11.2. The second-order valence-electron chi connectivity index (χ2n) is 6.30. The highest BCUT2D eigenvalue weighted by Crippen LogP contribution is 2.57. The van der Waals surface area contributed by atoms with Crippen LogP contribution in [0.4, 0.5) is 0 Å².